The molecule has 25 heavy (non-hydrogen) atoms. The van der Waals surface area contributed by atoms with Crippen molar-refractivity contribution in [1.82, 2.24) is 4.98 Å². The van der Waals surface area contributed by atoms with Crippen molar-refractivity contribution >= 4 is 23.1 Å². The molecule has 0 amide bonds. The molecule has 0 aliphatic heterocycles. The number of thiazole rings is 1. The van der Waals surface area contributed by atoms with Crippen molar-refractivity contribution in [2.75, 3.05) is 14.2 Å². The first-order chi connectivity index (χ1) is 12.1. The van der Waals surface area contributed by atoms with Gasteiger partial charge in [-0.3, -0.25) is 0 Å². The zero-order chi connectivity index (χ0) is 17.8. The Hall–Kier alpha value is -1.98. The van der Waals surface area contributed by atoms with Gasteiger partial charge in [0.05, 0.1) is 19.9 Å². The van der Waals surface area contributed by atoms with E-state index in [1.807, 2.05) is 30.0 Å². The van der Waals surface area contributed by atoms with E-state index >= 15 is 0 Å². The molecule has 1 aromatic heterocycles. The van der Waals surface area contributed by atoms with Crippen LogP contribution in [0.15, 0.2) is 46.7 Å². The van der Waals surface area contributed by atoms with Crippen LogP contribution in [0.3, 0.4) is 0 Å². The van der Waals surface area contributed by atoms with Crippen LogP contribution in [0, 0.1) is 13.8 Å². The predicted molar refractivity (Wildman–Crippen MR) is 106 cm³/mol. The van der Waals surface area contributed by atoms with Crippen LogP contribution in [-0.4, -0.2) is 19.2 Å². The fraction of sp³-hybridized carbons (Fsp3) is 0.250. The van der Waals surface area contributed by atoms with E-state index in [0.29, 0.717) is 0 Å². The number of hydrogen-bond donors (Lipinski definition) is 0. The molecule has 0 fully saturated rings. The fourth-order valence-corrected chi connectivity index (χ4v) is 4.41. The van der Waals surface area contributed by atoms with Crippen LogP contribution in [0.1, 0.15) is 16.8 Å². The molecule has 0 atom stereocenters. The SMILES string of the molecule is COc1ccc(-c2nc(CSc3ccc(C)cc3C)cs2)cc1OC. The lowest BCUT2D eigenvalue weighted by Gasteiger charge is -2.08. The molecule has 3 aromatic rings. The molecule has 2 aromatic carbocycles. The molecule has 1 heterocycles. The normalized spacial score (nSPS) is 10.7. The van der Waals surface area contributed by atoms with Gasteiger partial charge in [-0.05, 0) is 43.7 Å². The molecule has 0 N–H and O–H groups in total. The van der Waals surface area contributed by atoms with Crippen LogP contribution in [0.4, 0.5) is 0 Å². The number of aromatic nitrogens is 1. The Morgan fingerprint density at radius 3 is 2.52 bits per heavy atom. The van der Waals surface area contributed by atoms with Crippen molar-refractivity contribution in [2.45, 2.75) is 24.5 Å². The van der Waals surface area contributed by atoms with Gasteiger partial charge in [-0.2, -0.15) is 0 Å². The van der Waals surface area contributed by atoms with Crippen molar-refractivity contribution in [2.24, 2.45) is 0 Å². The zero-order valence-corrected chi connectivity index (χ0v) is 16.5. The lowest BCUT2D eigenvalue weighted by molar-refractivity contribution is 0.355. The van der Waals surface area contributed by atoms with Gasteiger partial charge in [0.15, 0.2) is 11.5 Å². The predicted octanol–water partition coefficient (Wildman–Crippen LogP) is 5.74. The quantitative estimate of drug-likeness (QED) is 0.517. The number of nitrogens with zero attached hydrogens (tertiary/aromatic N) is 1. The maximum Gasteiger partial charge on any atom is 0.161 e. The van der Waals surface area contributed by atoms with E-state index < -0.39 is 0 Å². The standard InChI is InChI=1S/C20H21NO2S2/c1-13-5-8-19(14(2)9-13)24-11-16-12-25-20(21-16)15-6-7-17(22-3)18(10-15)23-4/h5-10,12H,11H2,1-4H3. The molecule has 5 heteroatoms. The third kappa shape index (κ3) is 4.17. The highest BCUT2D eigenvalue weighted by Gasteiger charge is 2.10. The molecule has 0 aliphatic rings. The summed E-state index contributed by atoms with van der Waals surface area (Å²) in [5.41, 5.74) is 4.76. The van der Waals surface area contributed by atoms with E-state index in [1.54, 1.807) is 25.6 Å². The summed E-state index contributed by atoms with van der Waals surface area (Å²) in [5, 5.41) is 3.12. The number of aryl methyl sites for hydroxylation is 2. The first-order valence-corrected chi connectivity index (χ1v) is 9.84. The van der Waals surface area contributed by atoms with Crippen LogP contribution in [0.2, 0.25) is 0 Å². The summed E-state index contributed by atoms with van der Waals surface area (Å²) in [6.07, 6.45) is 0. The summed E-state index contributed by atoms with van der Waals surface area (Å²) in [7, 11) is 3.29. The van der Waals surface area contributed by atoms with Gasteiger partial charge in [0.1, 0.15) is 5.01 Å². The molecule has 0 unspecified atom stereocenters. The first-order valence-electron chi connectivity index (χ1n) is 7.97. The van der Waals surface area contributed by atoms with Gasteiger partial charge in [0, 0.05) is 21.6 Å². The largest absolute Gasteiger partial charge is 0.493 e. The molecular weight excluding hydrogens is 350 g/mol. The maximum atomic E-state index is 5.38. The highest BCUT2D eigenvalue weighted by Crippen LogP contribution is 2.34. The van der Waals surface area contributed by atoms with Crippen molar-refractivity contribution in [3.63, 3.8) is 0 Å². The first kappa shape index (κ1) is 17.8. The van der Waals surface area contributed by atoms with Gasteiger partial charge in [-0.25, -0.2) is 4.98 Å². The molecular formula is C20H21NO2S2. The Bertz CT molecular complexity index is 874. The Morgan fingerprint density at radius 1 is 1.00 bits per heavy atom. The average Bonchev–Trinajstić information content (AvgIpc) is 3.09. The molecule has 130 valence electrons. The van der Waals surface area contributed by atoms with Crippen LogP contribution in [0.25, 0.3) is 10.6 Å². The average molecular weight is 372 g/mol. The van der Waals surface area contributed by atoms with Crippen LogP contribution in [-0.2, 0) is 5.75 Å². The number of benzene rings is 2. The van der Waals surface area contributed by atoms with Gasteiger partial charge in [-0.15, -0.1) is 23.1 Å². The molecule has 0 saturated carbocycles. The number of methoxy groups -OCH3 is 2. The summed E-state index contributed by atoms with van der Waals surface area (Å²) < 4.78 is 10.7. The molecule has 0 radical (unpaired) electrons. The maximum absolute atomic E-state index is 5.38. The Morgan fingerprint density at radius 2 is 1.80 bits per heavy atom. The molecule has 0 spiro atoms. The van der Waals surface area contributed by atoms with E-state index in [9.17, 15) is 0 Å². The number of rotatable bonds is 6. The lowest BCUT2D eigenvalue weighted by atomic mass is 10.2. The highest BCUT2D eigenvalue weighted by molar-refractivity contribution is 7.98. The van der Waals surface area contributed by atoms with E-state index in [0.717, 1.165) is 33.5 Å². The number of hydrogen-bond acceptors (Lipinski definition) is 5. The third-order valence-electron chi connectivity index (χ3n) is 3.89. The number of thioether (sulfide) groups is 1. The summed E-state index contributed by atoms with van der Waals surface area (Å²) in [6, 6.07) is 12.5. The number of ether oxygens (including phenoxy) is 2. The Balaban J connectivity index is 1.74. The van der Waals surface area contributed by atoms with Gasteiger partial charge in [0.2, 0.25) is 0 Å². The van der Waals surface area contributed by atoms with Gasteiger partial charge < -0.3 is 9.47 Å². The lowest BCUT2D eigenvalue weighted by Crippen LogP contribution is -1.91. The zero-order valence-electron chi connectivity index (χ0n) is 14.8. The molecule has 0 saturated heterocycles. The van der Waals surface area contributed by atoms with Gasteiger partial charge in [0.25, 0.3) is 0 Å². The Kier molecular flexibility index (Phi) is 5.66. The summed E-state index contributed by atoms with van der Waals surface area (Å²) in [6.45, 7) is 4.28. The van der Waals surface area contributed by atoms with Crippen molar-refractivity contribution < 1.29 is 9.47 Å². The topological polar surface area (TPSA) is 31.4 Å². The van der Waals surface area contributed by atoms with Crippen molar-refractivity contribution in [1.29, 1.82) is 0 Å². The van der Waals surface area contributed by atoms with Gasteiger partial charge in [-0.1, -0.05) is 17.7 Å². The van der Waals surface area contributed by atoms with E-state index in [-0.39, 0.29) is 0 Å². The summed E-state index contributed by atoms with van der Waals surface area (Å²) in [5.74, 6) is 2.32. The third-order valence-corrected chi connectivity index (χ3v) is 6.04. The van der Waals surface area contributed by atoms with Gasteiger partial charge >= 0.3 is 0 Å². The molecule has 3 rings (SSSR count). The van der Waals surface area contributed by atoms with Crippen LogP contribution >= 0.6 is 23.1 Å². The smallest absolute Gasteiger partial charge is 0.161 e. The van der Waals surface area contributed by atoms with E-state index in [1.165, 1.54) is 16.0 Å². The minimum Gasteiger partial charge on any atom is -0.493 e. The Labute approximate surface area is 157 Å². The van der Waals surface area contributed by atoms with E-state index in [2.05, 4.69) is 37.4 Å². The second kappa shape index (κ2) is 7.93. The van der Waals surface area contributed by atoms with Crippen LogP contribution < -0.4 is 9.47 Å². The highest BCUT2D eigenvalue weighted by atomic mass is 32.2. The summed E-state index contributed by atoms with van der Waals surface area (Å²) in [4.78, 5) is 6.09. The summed E-state index contributed by atoms with van der Waals surface area (Å²) >= 11 is 3.49. The molecule has 3 nitrogen and oxygen atoms in total. The fourth-order valence-electron chi connectivity index (χ4n) is 2.59. The van der Waals surface area contributed by atoms with Crippen molar-refractivity contribution in [3.8, 4) is 22.1 Å². The monoisotopic (exact) mass is 371 g/mol. The van der Waals surface area contributed by atoms with Crippen molar-refractivity contribution in [3.05, 3.63) is 58.6 Å². The van der Waals surface area contributed by atoms with E-state index in [4.69, 9.17) is 14.5 Å². The molecule has 0 bridgehead atoms. The second-order valence-corrected chi connectivity index (χ2v) is 7.65. The second-order valence-electron chi connectivity index (χ2n) is 5.77. The van der Waals surface area contributed by atoms with Crippen LogP contribution in [0.5, 0.6) is 11.5 Å². The minimum absolute atomic E-state index is 0.724. The molecule has 0 aliphatic carbocycles. The minimum atomic E-state index is 0.724.